The Kier molecular flexibility index (Phi) is 7.28. The number of amides is 1. The molecule has 2 aromatic rings. The van der Waals surface area contributed by atoms with E-state index in [9.17, 15) is 4.79 Å². The van der Waals surface area contributed by atoms with E-state index in [2.05, 4.69) is 41.7 Å². The van der Waals surface area contributed by atoms with Crippen LogP contribution >= 0.6 is 0 Å². The van der Waals surface area contributed by atoms with Crippen LogP contribution in [0.5, 0.6) is 0 Å². The van der Waals surface area contributed by atoms with E-state index in [0.29, 0.717) is 23.8 Å². The van der Waals surface area contributed by atoms with Crippen LogP contribution in [0.15, 0.2) is 24.3 Å². The molecular weight excluding hydrogens is 388 g/mol. The summed E-state index contributed by atoms with van der Waals surface area (Å²) in [5, 5.41) is 9.09. The third-order valence-corrected chi connectivity index (χ3v) is 7.14. The third kappa shape index (κ3) is 4.65. The molecule has 0 radical (unpaired) electrons. The average molecular weight is 427 g/mol. The van der Waals surface area contributed by atoms with Gasteiger partial charge in [-0.15, -0.1) is 0 Å². The smallest absolute Gasteiger partial charge is 0.272 e. The number of rotatable bonds is 9. The maximum atomic E-state index is 13.3. The number of para-hydroxylation sites is 1. The first-order valence-corrected chi connectivity index (χ1v) is 12.3. The molecule has 2 fully saturated rings. The van der Waals surface area contributed by atoms with Crippen LogP contribution in [0.2, 0.25) is 0 Å². The predicted octanol–water partition coefficient (Wildman–Crippen LogP) is 4.55. The minimum atomic E-state index is -0.0377. The van der Waals surface area contributed by atoms with E-state index in [1.807, 2.05) is 18.2 Å². The number of carbonyl (C=O) groups is 1. The molecule has 1 amide bonds. The predicted molar refractivity (Wildman–Crippen MR) is 124 cm³/mol. The van der Waals surface area contributed by atoms with Crippen molar-refractivity contribution in [2.24, 2.45) is 0 Å². The minimum absolute atomic E-state index is 0.0377. The standard InChI is InChI=1S/C25H38N4O2/c1-4-7-10-13-28-20-14-18(15-21(28)17-31-16-20)26-25(30)24-22-11-8-9-12-23(22)29(27-24)19(5-2)6-3/h8-9,11-12,18-21H,4-7,10,13-17H2,1-3H3,(H,26,30). The highest BCUT2D eigenvalue weighted by molar-refractivity contribution is 6.05. The third-order valence-electron chi connectivity index (χ3n) is 7.14. The van der Waals surface area contributed by atoms with Gasteiger partial charge < -0.3 is 10.1 Å². The van der Waals surface area contributed by atoms with Crippen LogP contribution < -0.4 is 5.32 Å². The van der Waals surface area contributed by atoms with Gasteiger partial charge in [-0.25, -0.2) is 0 Å². The molecule has 0 aliphatic carbocycles. The second-order valence-corrected chi connectivity index (χ2v) is 9.21. The lowest BCUT2D eigenvalue weighted by atomic mass is 9.89. The van der Waals surface area contributed by atoms with Crippen LogP contribution in [-0.2, 0) is 4.74 Å². The molecule has 1 aromatic heterocycles. The fourth-order valence-corrected chi connectivity index (χ4v) is 5.44. The maximum absolute atomic E-state index is 13.3. The Morgan fingerprint density at radius 3 is 2.52 bits per heavy atom. The van der Waals surface area contributed by atoms with Gasteiger partial charge in [-0.05, 0) is 44.7 Å². The Morgan fingerprint density at radius 2 is 1.84 bits per heavy atom. The van der Waals surface area contributed by atoms with Crippen molar-refractivity contribution in [3.63, 3.8) is 0 Å². The Labute approximate surface area is 186 Å². The Bertz CT molecular complexity index is 862. The molecule has 1 N–H and O–H groups in total. The molecule has 6 heteroatoms. The summed E-state index contributed by atoms with van der Waals surface area (Å²) in [5.74, 6) is -0.0377. The van der Waals surface area contributed by atoms with Crippen molar-refractivity contribution in [1.82, 2.24) is 20.0 Å². The van der Waals surface area contributed by atoms with Crippen molar-refractivity contribution in [3.8, 4) is 0 Å². The first kappa shape index (κ1) is 22.3. The first-order chi connectivity index (χ1) is 15.2. The second-order valence-electron chi connectivity index (χ2n) is 9.21. The van der Waals surface area contributed by atoms with E-state index in [1.54, 1.807) is 0 Å². The second kappa shape index (κ2) is 10.1. The van der Waals surface area contributed by atoms with Gasteiger partial charge in [0.05, 0.1) is 24.8 Å². The van der Waals surface area contributed by atoms with Crippen LogP contribution in [0.3, 0.4) is 0 Å². The summed E-state index contributed by atoms with van der Waals surface area (Å²) in [6, 6.07) is 9.44. The van der Waals surface area contributed by atoms with Gasteiger partial charge >= 0.3 is 0 Å². The Balaban J connectivity index is 1.49. The topological polar surface area (TPSA) is 59.4 Å². The molecule has 2 unspecified atom stereocenters. The number of nitrogens with one attached hydrogen (secondary N) is 1. The average Bonchev–Trinajstić information content (AvgIpc) is 3.15. The van der Waals surface area contributed by atoms with Crippen molar-refractivity contribution < 1.29 is 9.53 Å². The van der Waals surface area contributed by atoms with Gasteiger partial charge in [0.15, 0.2) is 5.69 Å². The summed E-state index contributed by atoms with van der Waals surface area (Å²) in [6.45, 7) is 9.32. The van der Waals surface area contributed by atoms with Gasteiger partial charge in [0.1, 0.15) is 0 Å². The molecule has 2 aliphatic heterocycles. The zero-order valence-corrected chi connectivity index (χ0v) is 19.3. The number of piperidine rings is 1. The molecule has 2 atom stereocenters. The lowest BCUT2D eigenvalue weighted by molar-refractivity contribution is -0.0803. The van der Waals surface area contributed by atoms with Crippen molar-refractivity contribution in [2.75, 3.05) is 19.8 Å². The number of ether oxygens (including phenoxy) is 1. The number of fused-ring (bicyclic) bond motifs is 3. The summed E-state index contributed by atoms with van der Waals surface area (Å²) >= 11 is 0. The molecule has 1 aromatic carbocycles. The number of aromatic nitrogens is 2. The molecule has 31 heavy (non-hydrogen) atoms. The molecule has 2 saturated heterocycles. The van der Waals surface area contributed by atoms with E-state index >= 15 is 0 Å². The molecule has 0 saturated carbocycles. The minimum Gasteiger partial charge on any atom is -0.378 e. The van der Waals surface area contributed by atoms with Crippen LogP contribution in [0.1, 0.15) is 82.2 Å². The van der Waals surface area contributed by atoms with Gasteiger partial charge in [-0.3, -0.25) is 14.4 Å². The zero-order chi connectivity index (χ0) is 21.8. The molecule has 2 aliphatic rings. The monoisotopic (exact) mass is 426 g/mol. The van der Waals surface area contributed by atoms with E-state index < -0.39 is 0 Å². The van der Waals surface area contributed by atoms with Gasteiger partial charge in [0.25, 0.3) is 5.91 Å². The van der Waals surface area contributed by atoms with Gasteiger partial charge in [0.2, 0.25) is 0 Å². The molecule has 3 heterocycles. The molecular formula is C25H38N4O2. The van der Waals surface area contributed by atoms with E-state index in [1.165, 1.54) is 19.3 Å². The first-order valence-electron chi connectivity index (χ1n) is 12.3. The largest absolute Gasteiger partial charge is 0.378 e. The van der Waals surface area contributed by atoms with E-state index in [-0.39, 0.29) is 11.9 Å². The summed E-state index contributed by atoms with van der Waals surface area (Å²) in [5.41, 5.74) is 1.62. The van der Waals surface area contributed by atoms with Crippen molar-refractivity contribution >= 4 is 16.8 Å². The van der Waals surface area contributed by atoms with E-state index in [0.717, 1.165) is 56.3 Å². The van der Waals surface area contributed by atoms with Crippen LogP contribution in [0.4, 0.5) is 0 Å². The number of hydrogen-bond acceptors (Lipinski definition) is 4. The summed E-state index contributed by atoms with van der Waals surface area (Å²) in [7, 11) is 0. The van der Waals surface area contributed by atoms with Crippen molar-refractivity contribution in [1.29, 1.82) is 0 Å². The van der Waals surface area contributed by atoms with Gasteiger partial charge in [0, 0.05) is 23.5 Å². The number of benzene rings is 1. The number of nitrogens with zero attached hydrogens (tertiary/aromatic N) is 3. The number of carbonyl (C=O) groups excluding carboxylic acids is 1. The summed E-state index contributed by atoms with van der Waals surface area (Å²) in [4.78, 5) is 16.0. The van der Waals surface area contributed by atoms with Gasteiger partial charge in [-0.1, -0.05) is 51.8 Å². The fraction of sp³-hybridized carbons (Fsp3) is 0.680. The highest BCUT2D eigenvalue weighted by Gasteiger charge is 2.39. The quantitative estimate of drug-likeness (QED) is 0.598. The van der Waals surface area contributed by atoms with Gasteiger partial charge in [-0.2, -0.15) is 5.10 Å². The highest BCUT2D eigenvalue weighted by atomic mass is 16.5. The maximum Gasteiger partial charge on any atom is 0.272 e. The van der Waals surface area contributed by atoms with Crippen LogP contribution in [-0.4, -0.2) is 58.5 Å². The zero-order valence-electron chi connectivity index (χ0n) is 19.3. The van der Waals surface area contributed by atoms with Crippen molar-refractivity contribution in [3.05, 3.63) is 30.0 Å². The SMILES string of the molecule is CCCCCN1C2COCC1CC(NC(=O)c1nn(C(CC)CC)c3ccccc13)C2. The molecule has 170 valence electrons. The molecule has 0 spiro atoms. The van der Waals surface area contributed by atoms with Crippen molar-refractivity contribution in [2.45, 2.75) is 89.9 Å². The fourth-order valence-electron chi connectivity index (χ4n) is 5.44. The molecule has 2 bridgehead atoms. The summed E-state index contributed by atoms with van der Waals surface area (Å²) in [6.07, 6.45) is 7.70. The van der Waals surface area contributed by atoms with Crippen LogP contribution in [0, 0.1) is 0 Å². The van der Waals surface area contributed by atoms with Crippen LogP contribution in [0.25, 0.3) is 10.9 Å². The number of morpholine rings is 1. The number of hydrogen-bond donors (Lipinski definition) is 1. The Hall–Kier alpha value is -1.92. The van der Waals surface area contributed by atoms with E-state index in [4.69, 9.17) is 9.84 Å². The molecule has 6 nitrogen and oxygen atoms in total. The Morgan fingerprint density at radius 1 is 1.13 bits per heavy atom. The lowest BCUT2D eigenvalue weighted by Crippen LogP contribution is -2.60. The number of unbranched alkanes of at least 4 members (excludes halogenated alkanes) is 2. The molecule has 4 rings (SSSR count). The normalized spacial score (nSPS) is 24.1. The lowest BCUT2D eigenvalue weighted by Gasteiger charge is -2.48. The highest BCUT2D eigenvalue weighted by Crippen LogP contribution is 2.29. The summed E-state index contributed by atoms with van der Waals surface area (Å²) < 4.78 is 7.91.